The van der Waals surface area contributed by atoms with Gasteiger partial charge in [-0.15, -0.1) is 0 Å². The summed E-state index contributed by atoms with van der Waals surface area (Å²) in [6, 6.07) is 0. The van der Waals surface area contributed by atoms with E-state index in [4.69, 9.17) is 5.73 Å². The summed E-state index contributed by atoms with van der Waals surface area (Å²) < 4.78 is 4.78. The molecular formula is C15H30N5O+. The standard InChI is InChI=1S/C15H29N5O/c1-4-18-14(13(16)15(21)19(18)5-2)17-9-12-20(3)10-7-6-8-11-20/h4-12,16H2,1-3H3/p+1. The molecule has 1 saturated heterocycles. The molecule has 0 saturated carbocycles. The van der Waals surface area contributed by atoms with E-state index < -0.39 is 0 Å². The van der Waals surface area contributed by atoms with Gasteiger partial charge in [-0.1, -0.05) is 0 Å². The van der Waals surface area contributed by atoms with Crippen molar-refractivity contribution in [3.05, 3.63) is 10.4 Å². The number of piperidine rings is 1. The molecule has 21 heavy (non-hydrogen) atoms. The van der Waals surface area contributed by atoms with Crippen LogP contribution in [0.1, 0.15) is 33.1 Å². The molecule has 0 radical (unpaired) electrons. The smallest absolute Gasteiger partial charge is 0.292 e. The molecule has 2 rings (SSSR count). The lowest BCUT2D eigenvalue weighted by atomic mass is 10.1. The van der Waals surface area contributed by atoms with Gasteiger partial charge in [-0.2, -0.15) is 0 Å². The first-order valence-corrected chi connectivity index (χ1v) is 8.19. The zero-order chi connectivity index (χ0) is 15.5. The van der Waals surface area contributed by atoms with Crippen LogP contribution in [0.4, 0.5) is 11.5 Å². The zero-order valence-electron chi connectivity index (χ0n) is 13.7. The number of rotatable bonds is 6. The van der Waals surface area contributed by atoms with Crippen molar-refractivity contribution in [2.75, 3.05) is 44.3 Å². The van der Waals surface area contributed by atoms with E-state index in [-0.39, 0.29) is 5.56 Å². The van der Waals surface area contributed by atoms with Crippen LogP contribution in [-0.4, -0.2) is 47.1 Å². The average Bonchev–Trinajstić information content (AvgIpc) is 2.71. The van der Waals surface area contributed by atoms with Crippen LogP contribution in [0.15, 0.2) is 4.79 Å². The molecule has 2 heterocycles. The molecule has 1 aliphatic rings. The van der Waals surface area contributed by atoms with Crippen LogP contribution in [0.25, 0.3) is 0 Å². The number of hydrogen-bond acceptors (Lipinski definition) is 3. The number of likely N-dealkylation sites (tertiary alicyclic amines) is 1. The Balaban J connectivity index is 2.05. The van der Waals surface area contributed by atoms with Crippen molar-refractivity contribution in [2.45, 2.75) is 46.2 Å². The van der Waals surface area contributed by atoms with Gasteiger partial charge < -0.3 is 15.5 Å². The Hall–Kier alpha value is -1.43. The van der Waals surface area contributed by atoms with Gasteiger partial charge in [-0.25, -0.2) is 4.68 Å². The third-order valence-corrected chi connectivity index (χ3v) is 4.71. The molecule has 0 amide bonds. The van der Waals surface area contributed by atoms with Gasteiger partial charge in [0.15, 0.2) is 5.82 Å². The van der Waals surface area contributed by atoms with Gasteiger partial charge in [-0.05, 0) is 33.1 Å². The molecule has 6 nitrogen and oxygen atoms in total. The van der Waals surface area contributed by atoms with E-state index in [0.717, 1.165) is 29.9 Å². The number of aromatic nitrogens is 2. The number of anilines is 2. The van der Waals surface area contributed by atoms with Crippen molar-refractivity contribution in [1.82, 2.24) is 9.36 Å². The Bertz CT molecular complexity index is 525. The molecular weight excluding hydrogens is 266 g/mol. The van der Waals surface area contributed by atoms with E-state index in [2.05, 4.69) is 12.4 Å². The maximum absolute atomic E-state index is 12.1. The lowest BCUT2D eigenvalue weighted by Crippen LogP contribution is -2.50. The highest BCUT2D eigenvalue weighted by molar-refractivity contribution is 5.60. The van der Waals surface area contributed by atoms with Gasteiger partial charge in [0.1, 0.15) is 5.69 Å². The highest BCUT2D eigenvalue weighted by atomic mass is 16.1. The van der Waals surface area contributed by atoms with Gasteiger partial charge in [0, 0.05) is 13.1 Å². The summed E-state index contributed by atoms with van der Waals surface area (Å²) in [5, 5.41) is 3.40. The summed E-state index contributed by atoms with van der Waals surface area (Å²) in [4.78, 5) is 12.1. The quantitative estimate of drug-likeness (QED) is 0.778. The highest BCUT2D eigenvalue weighted by Crippen LogP contribution is 2.18. The second kappa shape index (κ2) is 6.56. The first kappa shape index (κ1) is 15.9. The number of nitrogens with one attached hydrogen (secondary N) is 1. The van der Waals surface area contributed by atoms with Crippen LogP contribution in [0, 0.1) is 0 Å². The minimum absolute atomic E-state index is 0.0831. The fraction of sp³-hybridized carbons (Fsp3) is 0.800. The van der Waals surface area contributed by atoms with E-state index in [1.54, 1.807) is 4.68 Å². The average molecular weight is 296 g/mol. The predicted molar refractivity (Wildman–Crippen MR) is 87.6 cm³/mol. The Morgan fingerprint density at radius 3 is 2.33 bits per heavy atom. The number of hydrogen-bond donors (Lipinski definition) is 2. The lowest BCUT2D eigenvalue weighted by molar-refractivity contribution is -0.912. The molecule has 0 atom stereocenters. The Morgan fingerprint density at radius 1 is 1.14 bits per heavy atom. The summed E-state index contributed by atoms with van der Waals surface area (Å²) in [7, 11) is 2.33. The zero-order valence-corrected chi connectivity index (χ0v) is 13.7. The van der Waals surface area contributed by atoms with E-state index in [0.29, 0.717) is 12.2 Å². The van der Waals surface area contributed by atoms with E-state index in [1.165, 1.54) is 32.4 Å². The molecule has 1 aromatic heterocycles. The molecule has 1 aromatic rings. The van der Waals surface area contributed by atoms with Crippen molar-refractivity contribution in [2.24, 2.45) is 0 Å². The van der Waals surface area contributed by atoms with Gasteiger partial charge in [0.05, 0.1) is 33.2 Å². The molecule has 1 fully saturated rings. The Kier molecular flexibility index (Phi) is 4.98. The molecule has 120 valence electrons. The van der Waals surface area contributed by atoms with Crippen molar-refractivity contribution >= 4 is 11.5 Å². The van der Waals surface area contributed by atoms with E-state index in [9.17, 15) is 4.79 Å². The molecule has 0 aromatic carbocycles. The lowest BCUT2D eigenvalue weighted by Gasteiger charge is -2.37. The number of quaternary nitrogens is 1. The minimum atomic E-state index is -0.0831. The molecule has 0 unspecified atom stereocenters. The summed E-state index contributed by atoms with van der Waals surface area (Å²) >= 11 is 0. The Labute approximate surface area is 127 Å². The predicted octanol–water partition coefficient (Wildman–Crippen LogP) is 1.31. The molecule has 6 heteroatoms. The molecule has 0 bridgehead atoms. The summed E-state index contributed by atoms with van der Waals surface area (Å²) in [5.74, 6) is 0.785. The monoisotopic (exact) mass is 296 g/mol. The van der Waals surface area contributed by atoms with Crippen LogP contribution in [0.3, 0.4) is 0 Å². The van der Waals surface area contributed by atoms with Crippen molar-refractivity contribution in [3.8, 4) is 0 Å². The van der Waals surface area contributed by atoms with Gasteiger partial charge in [0.25, 0.3) is 5.56 Å². The maximum atomic E-state index is 12.1. The molecule has 1 aliphatic heterocycles. The summed E-state index contributed by atoms with van der Waals surface area (Å²) in [5.41, 5.74) is 6.25. The molecule has 0 spiro atoms. The normalized spacial score (nSPS) is 17.9. The van der Waals surface area contributed by atoms with Gasteiger partial charge >= 0.3 is 0 Å². The first-order valence-electron chi connectivity index (χ1n) is 8.19. The minimum Gasteiger partial charge on any atom is -0.391 e. The third kappa shape index (κ3) is 3.26. The Morgan fingerprint density at radius 2 is 1.76 bits per heavy atom. The van der Waals surface area contributed by atoms with Crippen molar-refractivity contribution in [1.29, 1.82) is 0 Å². The molecule has 3 N–H and O–H groups in total. The topological polar surface area (TPSA) is 65.0 Å². The second-order valence-electron chi connectivity index (χ2n) is 6.28. The van der Waals surface area contributed by atoms with Gasteiger partial charge in [0.2, 0.25) is 0 Å². The van der Waals surface area contributed by atoms with Gasteiger partial charge in [-0.3, -0.25) is 9.48 Å². The highest BCUT2D eigenvalue weighted by Gasteiger charge is 2.24. The number of nitrogens with zero attached hydrogens (tertiary/aromatic N) is 3. The van der Waals surface area contributed by atoms with E-state index >= 15 is 0 Å². The number of nitrogen functional groups attached to an aromatic ring is 1. The second-order valence-corrected chi connectivity index (χ2v) is 6.28. The number of likely N-dealkylation sites (N-methyl/N-ethyl adjacent to an activating group) is 1. The van der Waals surface area contributed by atoms with Crippen LogP contribution in [0.5, 0.6) is 0 Å². The fourth-order valence-electron chi connectivity index (χ4n) is 3.38. The first-order chi connectivity index (χ1) is 10.0. The third-order valence-electron chi connectivity index (χ3n) is 4.71. The maximum Gasteiger partial charge on any atom is 0.292 e. The SMILES string of the molecule is CCn1c(NCC[N+]2(C)CCCCC2)c(N)c(=O)n1CC. The van der Waals surface area contributed by atoms with Crippen LogP contribution < -0.4 is 16.6 Å². The molecule has 0 aliphatic carbocycles. The van der Waals surface area contributed by atoms with E-state index in [1.807, 2.05) is 18.5 Å². The fourth-order valence-corrected chi connectivity index (χ4v) is 3.38. The van der Waals surface area contributed by atoms with Crippen LogP contribution >= 0.6 is 0 Å². The van der Waals surface area contributed by atoms with Crippen LogP contribution in [-0.2, 0) is 13.1 Å². The number of nitrogens with two attached hydrogens (primary N) is 1. The van der Waals surface area contributed by atoms with Crippen molar-refractivity contribution < 1.29 is 4.48 Å². The summed E-state index contributed by atoms with van der Waals surface area (Å²) in [6.45, 7) is 9.84. The van der Waals surface area contributed by atoms with Crippen LogP contribution in [0.2, 0.25) is 0 Å². The van der Waals surface area contributed by atoms with Crippen molar-refractivity contribution in [3.63, 3.8) is 0 Å². The summed E-state index contributed by atoms with van der Waals surface area (Å²) in [6.07, 6.45) is 4.01. The largest absolute Gasteiger partial charge is 0.391 e.